The number of ether oxygens (including phenoxy) is 3. The molecule has 1 heterocycles. The Balaban J connectivity index is 2.19. The van der Waals surface area contributed by atoms with Crippen molar-refractivity contribution in [3.8, 4) is 17.2 Å². The third-order valence-electron chi connectivity index (χ3n) is 3.21. The molecule has 0 aliphatic rings. The summed E-state index contributed by atoms with van der Waals surface area (Å²) in [6.45, 7) is 1.70. The largest absolute Gasteiger partial charge is 0.493 e. The highest BCUT2D eigenvalue weighted by atomic mass is 16.5. The van der Waals surface area contributed by atoms with Crippen LogP contribution in [0.3, 0.4) is 0 Å². The van der Waals surface area contributed by atoms with Gasteiger partial charge < -0.3 is 18.6 Å². The molecule has 1 amide bonds. The van der Waals surface area contributed by atoms with Crippen LogP contribution < -0.4 is 19.6 Å². The van der Waals surface area contributed by atoms with E-state index in [1.807, 2.05) is 0 Å². The Bertz CT molecular complexity index is 721. The molecule has 0 unspecified atom stereocenters. The van der Waals surface area contributed by atoms with Gasteiger partial charge in [0, 0.05) is 5.56 Å². The topological polar surface area (TPSA) is 82.3 Å². The van der Waals surface area contributed by atoms with Gasteiger partial charge in [-0.1, -0.05) is 0 Å². The molecule has 23 heavy (non-hydrogen) atoms. The fourth-order valence-electron chi connectivity index (χ4n) is 2.07. The summed E-state index contributed by atoms with van der Waals surface area (Å²) in [5.41, 5.74) is 3.50. The molecule has 0 aliphatic carbocycles. The quantitative estimate of drug-likeness (QED) is 0.653. The minimum absolute atomic E-state index is 0.355. The number of rotatable bonds is 6. The number of nitrogens with zero attached hydrogens (tertiary/aromatic N) is 1. The molecule has 1 aromatic carbocycles. The number of benzene rings is 1. The van der Waals surface area contributed by atoms with Crippen molar-refractivity contribution in [2.75, 3.05) is 21.3 Å². The molecule has 2 rings (SSSR count). The van der Waals surface area contributed by atoms with E-state index >= 15 is 0 Å². The molecule has 0 fully saturated rings. The molecule has 7 heteroatoms. The summed E-state index contributed by atoms with van der Waals surface area (Å²) in [6.07, 6.45) is 2.92. The van der Waals surface area contributed by atoms with Gasteiger partial charge in [-0.05, 0) is 25.1 Å². The number of hydrazone groups is 1. The van der Waals surface area contributed by atoms with Crippen LogP contribution in [0.4, 0.5) is 0 Å². The standard InChI is InChI=1S/C16H18N2O5/c1-10-12(7-8-23-10)16(19)18-17-9-11-5-6-13(20-2)15(22-4)14(11)21-3/h5-9H,1-4H3,(H,18,19)/b17-9-. The van der Waals surface area contributed by atoms with Crippen molar-refractivity contribution < 1.29 is 23.4 Å². The number of hydrogen-bond acceptors (Lipinski definition) is 6. The lowest BCUT2D eigenvalue weighted by Crippen LogP contribution is -2.17. The zero-order valence-corrected chi connectivity index (χ0v) is 13.4. The van der Waals surface area contributed by atoms with Crippen molar-refractivity contribution in [2.45, 2.75) is 6.92 Å². The van der Waals surface area contributed by atoms with E-state index in [4.69, 9.17) is 18.6 Å². The second kappa shape index (κ2) is 7.35. The van der Waals surface area contributed by atoms with Crippen LogP contribution >= 0.6 is 0 Å². The normalized spacial score (nSPS) is 10.6. The highest BCUT2D eigenvalue weighted by Crippen LogP contribution is 2.38. The summed E-state index contributed by atoms with van der Waals surface area (Å²) >= 11 is 0. The minimum Gasteiger partial charge on any atom is -0.493 e. The summed E-state index contributed by atoms with van der Waals surface area (Å²) in [4.78, 5) is 11.9. The first-order valence-corrected chi connectivity index (χ1v) is 6.78. The molecule has 2 aromatic rings. The summed E-state index contributed by atoms with van der Waals surface area (Å²) in [6, 6.07) is 5.06. The molecule has 0 saturated heterocycles. The molecule has 0 atom stereocenters. The summed E-state index contributed by atoms with van der Waals surface area (Å²) in [5, 5.41) is 3.94. The Kier molecular flexibility index (Phi) is 5.24. The lowest BCUT2D eigenvalue weighted by atomic mass is 10.2. The van der Waals surface area contributed by atoms with E-state index in [1.54, 1.807) is 32.2 Å². The van der Waals surface area contributed by atoms with Gasteiger partial charge in [-0.3, -0.25) is 4.79 Å². The predicted octanol–water partition coefficient (Wildman–Crippen LogP) is 2.38. The summed E-state index contributed by atoms with van der Waals surface area (Å²) in [7, 11) is 4.57. The van der Waals surface area contributed by atoms with Crippen LogP contribution in [-0.2, 0) is 0 Å². The number of carbonyl (C=O) groups excluding carboxylic acids is 1. The molecule has 0 saturated carbocycles. The zero-order valence-electron chi connectivity index (χ0n) is 13.4. The van der Waals surface area contributed by atoms with E-state index in [-0.39, 0.29) is 5.91 Å². The number of furan rings is 1. The molecule has 1 aromatic heterocycles. The average molecular weight is 318 g/mol. The van der Waals surface area contributed by atoms with Gasteiger partial charge in [-0.2, -0.15) is 5.10 Å². The minimum atomic E-state index is -0.355. The first-order chi connectivity index (χ1) is 11.1. The van der Waals surface area contributed by atoms with Gasteiger partial charge >= 0.3 is 0 Å². The van der Waals surface area contributed by atoms with Crippen LogP contribution in [-0.4, -0.2) is 33.5 Å². The summed E-state index contributed by atoms with van der Waals surface area (Å²) < 4.78 is 20.9. The number of amides is 1. The number of carbonyl (C=O) groups is 1. The van der Waals surface area contributed by atoms with Crippen LogP contribution in [0.5, 0.6) is 17.2 Å². The van der Waals surface area contributed by atoms with Crippen LogP contribution in [0.1, 0.15) is 21.7 Å². The van der Waals surface area contributed by atoms with E-state index < -0.39 is 0 Å². The Hall–Kier alpha value is -2.96. The van der Waals surface area contributed by atoms with Gasteiger partial charge in [0.1, 0.15) is 5.76 Å². The molecule has 122 valence electrons. The number of aryl methyl sites for hydroxylation is 1. The van der Waals surface area contributed by atoms with Crippen LogP contribution in [0.2, 0.25) is 0 Å². The lowest BCUT2D eigenvalue weighted by molar-refractivity contribution is 0.0953. The lowest BCUT2D eigenvalue weighted by Gasteiger charge is -2.13. The average Bonchev–Trinajstić information content (AvgIpc) is 3.00. The predicted molar refractivity (Wildman–Crippen MR) is 84.6 cm³/mol. The maximum Gasteiger partial charge on any atom is 0.274 e. The van der Waals surface area contributed by atoms with Gasteiger partial charge in [0.15, 0.2) is 11.5 Å². The zero-order chi connectivity index (χ0) is 16.8. The van der Waals surface area contributed by atoms with Crippen LogP contribution in [0, 0.1) is 6.92 Å². The van der Waals surface area contributed by atoms with Crippen molar-refractivity contribution >= 4 is 12.1 Å². The van der Waals surface area contributed by atoms with Crippen molar-refractivity contribution in [2.24, 2.45) is 5.10 Å². The maximum absolute atomic E-state index is 11.9. The van der Waals surface area contributed by atoms with Gasteiger partial charge in [-0.25, -0.2) is 5.43 Å². The molecule has 0 spiro atoms. The van der Waals surface area contributed by atoms with E-state index in [0.717, 1.165) is 0 Å². The van der Waals surface area contributed by atoms with E-state index in [9.17, 15) is 4.79 Å². The third-order valence-corrected chi connectivity index (χ3v) is 3.21. The Labute approximate surface area is 133 Å². The maximum atomic E-state index is 11.9. The van der Waals surface area contributed by atoms with E-state index in [2.05, 4.69) is 10.5 Å². The first kappa shape index (κ1) is 16.4. The molecule has 0 aliphatic heterocycles. The van der Waals surface area contributed by atoms with Gasteiger partial charge in [-0.15, -0.1) is 0 Å². The molecule has 1 N–H and O–H groups in total. The van der Waals surface area contributed by atoms with Crippen LogP contribution in [0.25, 0.3) is 0 Å². The Morgan fingerprint density at radius 2 is 1.87 bits per heavy atom. The number of methoxy groups -OCH3 is 3. The van der Waals surface area contributed by atoms with Crippen molar-refractivity contribution in [3.63, 3.8) is 0 Å². The van der Waals surface area contributed by atoms with Crippen molar-refractivity contribution in [1.82, 2.24) is 5.43 Å². The SMILES string of the molecule is COc1ccc(/C=N\NC(=O)c2ccoc2C)c(OC)c1OC. The Morgan fingerprint density at radius 3 is 2.43 bits per heavy atom. The van der Waals surface area contributed by atoms with Crippen molar-refractivity contribution in [1.29, 1.82) is 0 Å². The second-order valence-corrected chi connectivity index (χ2v) is 4.51. The fraction of sp³-hybridized carbons (Fsp3) is 0.250. The smallest absolute Gasteiger partial charge is 0.274 e. The molecular weight excluding hydrogens is 300 g/mol. The molecule has 0 radical (unpaired) electrons. The molecule has 7 nitrogen and oxygen atoms in total. The highest BCUT2D eigenvalue weighted by molar-refractivity contribution is 5.96. The van der Waals surface area contributed by atoms with Crippen LogP contribution in [0.15, 0.2) is 34.0 Å². The monoisotopic (exact) mass is 318 g/mol. The summed E-state index contributed by atoms with van der Waals surface area (Å²) in [5.74, 6) is 1.63. The van der Waals surface area contributed by atoms with Gasteiger partial charge in [0.2, 0.25) is 5.75 Å². The Morgan fingerprint density at radius 1 is 1.13 bits per heavy atom. The first-order valence-electron chi connectivity index (χ1n) is 6.78. The fourth-order valence-corrected chi connectivity index (χ4v) is 2.07. The van der Waals surface area contributed by atoms with Gasteiger partial charge in [0.25, 0.3) is 5.91 Å². The third kappa shape index (κ3) is 3.45. The number of hydrogen-bond donors (Lipinski definition) is 1. The highest BCUT2D eigenvalue weighted by Gasteiger charge is 2.15. The molecule has 0 bridgehead atoms. The molecular formula is C16H18N2O5. The van der Waals surface area contributed by atoms with Gasteiger partial charge in [0.05, 0.1) is 39.4 Å². The number of nitrogens with one attached hydrogen (secondary N) is 1. The second-order valence-electron chi connectivity index (χ2n) is 4.51. The van der Waals surface area contributed by atoms with E-state index in [1.165, 1.54) is 26.7 Å². The van der Waals surface area contributed by atoms with Crippen molar-refractivity contribution in [3.05, 3.63) is 41.3 Å². The van der Waals surface area contributed by atoms with E-state index in [0.29, 0.717) is 34.1 Å².